The monoisotopic (exact) mass is 471 g/mol. The molecular weight excluding hydrogens is 446 g/mol. The number of aryl methyl sites for hydroxylation is 1. The van der Waals surface area contributed by atoms with E-state index in [-0.39, 0.29) is 18.2 Å². The second kappa shape index (κ2) is 10.8. The third kappa shape index (κ3) is 5.68. The maximum absolute atomic E-state index is 12.9. The van der Waals surface area contributed by atoms with Crippen molar-refractivity contribution in [2.75, 3.05) is 12.4 Å². The topological polar surface area (TPSA) is 80.3 Å². The van der Waals surface area contributed by atoms with Crippen molar-refractivity contribution in [2.45, 2.75) is 19.4 Å². The maximum atomic E-state index is 12.9. The lowest BCUT2D eigenvalue weighted by molar-refractivity contribution is -0.116. The molecule has 2 amide bonds. The molecule has 0 spiro atoms. The van der Waals surface area contributed by atoms with E-state index in [0.717, 1.165) is 27.4 Å². The molecule has 1 unspecified atom stereocenters. The van der Waals surface area contributed by atoms with E-state index in [2.05, 4.69) is 15.6 Å². The first-order valence-electron chi connectivity index (χ1n) is 10.9. The number of thiazole rings is 1. The van der Waals surface area contributed by atoms with Crippen LogP contribution in [-0.2, 0) is 4.79 Å². The van der Waals surface area contributed by atoms with Crippen LogP contribution >= 0.6 is 11.3 Å². The van der Waals surface area contributed by atoms with E-state index in [9.17, 15) is 9.59 Å². The molecule has 0 radical (unpaired) electrons. The second-order valence-electron chi connectivity index (χ2n) is 7.71. The van der Waals surface area contributed by atoms with Crippen molar-refractivity contribution >= 4 is 28.3 Å². The van der Waals surface area contributed by atoms with Crippen LogP contribution in [0.15, 0.2) is 84.9 Å². The molecule has 0 fully saturated rings. The van der Waals surface area contributed by atoms with Crippen LogP contribution in [0.4, 0.5) is 5.13 Å². The van der Waals surface area contributed by atoms with Gasteiger partial charge >= 0.3 is 0 Å². The predicted octanol–water partition coefficient (Wildman–Crippen LogP) is 5.63. The van der Waals surface area contributed by atoms with Gasteiger partial charge in [-0.2, -0.15) is 0 Å². The average molecular weight is 472 g/mol. The zero-order valence-corrected chi connectivity index (χ0v) is 19.8. The third-order valence-corrected chi connectivity index (χ3v) is 6.23. The molecule has 1 atom stereocenters. The third-order valence-electron chi connectivity index (χ3n) is 5.34. The molecule has 1 heterocycles. The van der Waals surface area contributed by atoms with Gasteiger partial charge in [-0.3, -0.25) is 9.59 Å². The van der Waals surface area contributed by atoms with Crippen LogP contribution in [0.1, 0.15) is 33.3 Å². The fourth-order valence-electron chi connectivity index (χ4n) is 3.59. The summed E-state index contributed by atoms with van der Waals surface area (Å²) in [7, 11) is 1.63. The van der Waals surface area contributed by atoms with Crippen LogP contribution in [-0.4, -0.2) is 23.9 Å². The number of hydrogen-bond acceptors (Lipinski definition) is 5. The molecule has 34 heavy (non-hydrogen) atoms. The van der Waals surface area contributed by atoms with Crippen LogP contribution in [0.3, 0.4) is 0 Å². The van der Waals surface area contributed by atoms with E-state index in [4.69, 9.17) is 4.74 Å². The molecule has 2 N–H and O–H groups in total. The summed E-state index contributed by atoms with van der Waals surface area (Å²) < 4.78 is 5.22. The largest absolute Gasteiger partial charge is 0.497 e. The molecule has 3 aromatic carbocycles. The molecule has 4 aromatic rings. The van der Waals surface area contributed by atoms with Gasteiger partial charge < -0.3 is 15.4 Å². The number of carbonyl (C=O) groups excluding carboxylic acids is 2. The number of carbonyl (C=O) groups is 2. The molecule has 0 saturated heterocycles. The number of amides is 2. The molecule has 0 aliphatic heterocycles. The lowest BCUT2D eigenvalue weighted by Crippen LogP contribution is -2.31. The molecule has 6 nitrogen and oxygen atoms in total. The number of hydrogen-bond donors (Lipinski definition) is 2. The van der Waals surface area contributed by atoms with E-state index in [0.29, 0.717) is 10.7 Å². The normalized spacial score (nSPS) is 11.5. The molecule has 7 heteroatoms. The highest BCUT2D eigenvalue weighted by Crippen LogP contribution is 2.31. The van der Waals surface area contributed by atoms with Gasteiger partial charge in [0.15, 0.2) is 5.13 Å². The van der Waals surface area contributed by atoms with Crippen LogP contribution < -0.4 is 15.4 Å². The molecule has 0 saturated carbocycles. The molecular formula is C27H25N3O3S. The number of rotatable bonds is 8. The Bertz CT molecular complexity index is 1260. The molecule has 172 valence electrons. The Hall–Kier alpha value is -3.97. The van der Waals surface area contributed by atoms with Gasteiger partial charge in [0.25, 0.3) is 5.91 Å². The Morgan fingerprint density at radius 1 is 0.941 bits per heavy atom. The Kier molecular flexibility index (Phi) is 7.34. The van der Waals surface area contributed by atoms with E-state index < -0.39 is 6.04 Å². The second-order valence-corrected chi connectivity index (χ2v) is 8.91. The number of nitrogens with zero attached hydrogens (tertiary/aromatic N) is 1. The van der Waals surface area contributed by atoms with Gasteiger partial charge in [-0.25, -0.2) is 4.98 Å². The number of nitrogens with one attached hydrogen (secondary N) is 2. The first kappa shape index (κ1) is 23.2. The Balaban J connectivity index is 1.48. The maximum Gasteiger partial charge on any atom is 0.251 e. The van der Waals surface area contributed by atoms with Crippen molar-refractivity contribution in [2.24, 2.45) is 0 Å². The van der Waals surface area contributed by atoms with Gasteiger partial charge in [-0.15, -0.1) is 11.3 Å². The number of ether oxygens (including phenoxy) is 1. The summed E-state index contributed by atoms with van der Waals surface area (Å²) in [5, 5.41) is 6.41. The fourth-order valence-corrected chi connectivity index (χ4v) is 4.44. The SMILES string of the molecule is COc1ccc(-c2nc(NC(=O)CC(NC(=O)c3ccccc3)c3ccccc3)sc2C)cc1. The summed E-state index contributed by atoms with van der Waals surface area (Å²) in [6.07, 6.45) is 0.0824. The summed E-state index contributed by atoms with van der Waals surface area (Å²) in [6.45, 7) is 1.97. The standard InChI is InChI=1S/C27H25N3O3S/c1-18-25(20-13-15-22(33-2)16-14-20)30-27(34-18)29-24(31)17-23(19-9-5-3-6-10-19)28-26(32)21-11-7-4-8-12-21/h3-16,23H,17H2,1-2H3,(H,28,32)(H,29,30,31). The molecule has 4 rings (SSSR count). The predicted molar refractivity (Wildman–Crippen MR) is 135 cm³/mol. The first-order valence-corrected chi connectivity index (χ1v) is 11.7. The minimum absolute atomic E-state index is 0.0824. The van der Waals surface area contributed by atoms with Crippen molar-refractivity contribution in [3.63, 3.8) is 0 Å². The van der Waals surface area contributed by atoms with Crippen molar-refractivity contribution < 1.29 is 14.3 Å². The smallest absolute Gasteiger partial charge is 0.251 e. The first-order chi connectivity index (χ1) is 16.5. The molecule has 0 aliphatic carbocycles. The Morgan fingerprint density at radius 3 is 2.24 bits per heavy atom. The van der Waals surface area contributed by atoms with Crippen LogP contribution in [0, 0.1) is 6.92 Å². The van der Waals surface area contributed by atoms with Crippen molar-refractivity contribution in [3.05, 3.63) is 101 Å². The van der Waals surface area contributed by atoms with Crippen LogP contribution in [0.5, 0.6) is 5.75 Å². The van der Waals surface area contributed by atoms with Crippen molar-refractivity contribution in [3.8, 4) is 17.0 Å². The minimum Gasteiger partial charge on any atom is -0.497 e. The zero-order valence-electron chi connectivity index (χ0n) is 18.9. The Labute approximate surface area is 202 Å². The van der Waals surface area contributed by atoms with Gasteiger partial charge in [-0.05, 0) is 48.9 Å². The number of anilines is 1. The van der Waals surface area contributed by atoms with Crippen molar-refractivity contribution in [1.82, 2.24) is 10.3 Å². The zero-order chi connectivity index (χ0) is 23.9. The van der Waals surface area contributed by atoms with E-state index in [1.54, 1.807) is 19.2 Å². The van der Waals surface area contributed by atoms with E-state index in [1.807, 2.05) is 79.7 Å². The van der Waals surface area contributed by atoms with Crippen LogP contribution in [0.2, 0.25) is 0 Å². The summed E-state index contributed by atoms with van der Waals surface area (Å²) in [5.41, 5.74) is 3.17. The summed E-state index contributed by atoms with van der Waals surface area (Å²) >= 11 is 1.42. The number of methoxy groups -OCH3 is 1. The lowest BCUT2D eigenvalue weighted by Gasteiger charge is -2.19. The lowest BCUT2D eigenvalue weighted by atomic mass is 10.0. The molecule has 1 aromatic heterocycles. The Morgan fingerprint density at radius 2 is 1.59 bits per heavy atom. The van der Waals surface area contributed by atoms with E-state index in [1.165, 1.54) is 11.3 Å². The summed E-state index contributed by atoms with van der Waals surface area (Å²) in [4.78, 5) is 31.3. The molecule has 0 bridgehead atoms. The summed E-state index contributed by atoms with van der Waals surface area (Å²) in [6, 6.07) is 25.6. The van der Waals surface area contributed by atoms with E-state index >= 15 is 0 Å². The quantitative estimate of drug-likeness (QED) is 0.349. The summed E-state index contributed by atoms with van der Waals surface area (Å²) in [5.74, 6) is 0.320. The van der Waals surface area contributed by atoms with Gasteiger partial charge in [0.2, 0.25) is 5.91 Å². The van der Waals surface area contributed by atoms with Gasteiger partial charge in [-0.1, -0.05) is 48.5 Å². The highest BCUT2D eigenvalue weighted by atomic mass is 32.1. The molecule has 0 aliphatic rings. The average Bonchev–Trinajstić information content (AvgIpc) is 3.24. The van der Waals surface area contributed by atoms with Gasteiger partial charge in [0, 0.05) is 16.0 Å². The highest BCUT2D eigenvalue weighted by molar-refractivity contribution is 7.16. The minimum atomic E-state index is -0.476. The van der Waals surface area contributed by atoms with Gasteiger partial charge in [0.1, 0.15) is 5.75 Å². The van der Waals surface area contributed by atoms with Crippen molar-refractivity contribution in [1.29, 1.82) is 0 Å². The van der Waals surface area contributed by atoms with Crippen LogP contribution in [0.25, 0.3) is 11.3 Å². The number of aromatic nitrogens is 1. The fraction of sp³-hybridized carbons (Fsp3) is 0.148. The number of benzene rings is 3. The van der Waals surface area contributed by atoms with Gasteiger partial charge in [0.05, 0.1) is 25.3 Å². The highest BCUT2D eigenvalue weighted by Gasteiger charge is 2.20.